The molecule has 20 heavy (non-hydrogen) atoms. The first-order valence-corrected chi connectivity index (χ1v) is 6.81. The van der Waals surface area contributed by atoms with Gasteiger partial charge in [0.25, 0.3) is 0 Å². The maximum Gasteiger partial charge on any atom is 0.226 e. The van der Waals surface area contributed by atoms with E-state index in [1.54, 1.807) is 6.07 Å². The summed E-state index contributed by atoms with van der Waals surface area (Å²) in [7, 11) is 0. The van der Waals surface area contributed by atoms with Gasteiger partial charge in [0.2, 0.25) is 5.91 Å². The van der Waals surface area contributed by atoms with Crippen molar-refractivity contribution in [2.45, 2.75) is 39.2 Å². The van der Waals surface area contributed by atoms with Gasteiger partial charge in [-0.25, -0.2) is 0 Å². The number of hydrogen-bond acceptors (Lipinski definition) is 3. The van der Waals surface area contributed by atoms with Crippen LogP contribution < -0.4 is 5.32 Å². The van der Waals surface area contributed by atoms with Crippen LogP contribution in [0.25, 0.3) is 0 Å². The number of hydrogen-bond donors (Lipinski definition) is 1. The molecule has 0 spiro atoms. The molecule has 1 aromatic heterocycles. The molecule has 0 aliphatic heterocycles. The fourth-order valence-electron chi connectivity index (χ4n) is 2.12. The van der Waals surface area contributed by atoms with Crippen LogP contribution in [0, 0.1) is 0 Å². The number of rotatable bonds is 5. The minimum Gasteiger partial charge on any atom is -0.364 e. The van der Waals surface area contributed by atoms with E-state index in [9.17, 15) is 4.79 Å². The van der Waals surface area contributed by atoms with E-state index in [2.05, 4.69) is 41.7 Å². The lowest BCUT2D eigenvalue weighted by atomic mass is 9.93. The van der Waals surface area contributed by atoms with Gasteiger partial charge in [-0.1, -0.05) is 36.3 Å². The molecule has 106 valence electrons. The summed E-state index contributed by atoms with van der Waals surface area (Å²) in [6.45, 7) is 6.11. The van der Waals surface area contributed by atoms with Gasteiger partial charge in [-0.2, -0.15) is 0 Å². The van der Waals surface area contributed by atoms with Crippen LogP contribution >= 0.6 is 0 Å². The molecule has 2 rings (SSSR count). The van der Waals surface area contributed by atoms with Crippen molar-refractivity contribution in [3.8, 4) is 0 Å². The van der Waals surface area contributed by atoms with Gasteiger partial charge < -0.3 is 9.84 Å². The third kappa shape index (κ3) is 3.47. The Morgan fingerprint density at radius 2 is 1.95 bits per heavy atom. The Balaban J connectivity index is 2.03. The van der Waals surface area contributed by atoms with E-state index in [0.717, 1.165) is 12.0 Å². The van der Waals surface area contributed by atoms with Crippen LogP contribution in [-0.2, 0) is 23.2 Å². The van der Waals surface area contributed by atoms with E-state index in [1.807, 2.05) is 13.8 Å². The van der Waals surface area contributed by atoms with Crippen molar-refractivity contribution in [1.82, 2.24) is 10.5 Å². The molecule has 0 bridgehead atoms. The summed E-state index contributed by atoms with van der Waals surface area (Å²) in [6.07, 6.45) is 2.71. The highest BCUT2D eigenvalue weighted by molar-refractivity contribution is 5.79. The fraction of sp³-hybridized carbons (Fsp3) is 0.375. The second kappa shape index (κ2) is 5.90. The monoisotopic (exact) mass is 272 g/mol. The molecule has 1 aromatic carbocycles. The van der Waals surface area contributed by atoms with Crippen LogP contribution in [0.3, 0.4) is 0 Å². The average Bonchev–Trinajstić information content (AvgIpc) is 2.91. The second-order valence-corrected chi connectivity index (χ2v) is 5.39. The predicted molar refractivity (Wildman–Crippen MR) is 77.2 cm³/mol. The van der Waals surface area contributed by atoms with Crippen molar-refractivity contribution in [3.05, 3.63) is 53.4 Å². The van der Waals surface area contributed by atoms with Crippen molar-refractivity contribution in [2.75, 3.05) is 0 Å². The first kappa shape index (κ1) is 14.3. The Hall–Kier alpha value is -2.10. The van der Waals surface area contributed by atoms with Crippen molar-refractivity contribution in [2.24, 2.45) is 0 Å². The summed E-state index contributed by atoms with van der Waals surface area (Å²) in [5.41, 5.74) is 2.61. The fourth-order valence-corrected chi connectivity index (χ4v) is 2.12. The molecular formula is C16H20N2O2. The Kier molecular flexibility index (Phi) is 4.23. The number of nitrogens with zero attached hydrogens (tertiary/aromatic N) is 1. The molecule has 0 aliphatic carbocycles. The van der Waals surface area contributed by atoms with E-state index in [4.69, 9.17) is 4.52 Å². The van der Waals surface area contributed by atoms with Crippen LogP contribution in [0.2, 0.25) is 0 Å². The zero-order valence-corrected chi connectivity index (χ0v) is 12.1. The number of carbonyl (C=O) groups excluding carboxylic acids is 1. The number of amides is 1. The van der Waals surface area contributed by atoms with E-state index >= 15 is 0 Å². The number of aryl methyl sites for hydroxylation is 1. The smallest absolute Gasteiger partial charge is 0.226 e. The summed E-state index contributed by atoms with van der Waals surface area (Å²) < 4.78 is 4.73. The van der Waals surface area contributed by atoms with Gasteiger partial charge in [0, 0.05) is 6.07 Å². The minimum atomic E-state index is -0.410. The maximum absolute atomic E-state index is 12.0. The number of benzene rings is 1. The molecule has 0 fully saturated rings. The molecule has 0 saturated heterocycles. The molecule has 1 N–H and O–H groups in total. The molecule has 0 atom stereocenters. The molecule has 4 nitrogen and oxygen atoms in total. The summed E-state index contributed by atoms with van der Waals surface area (Å²) in [6, 6.07) is 10.0. The summed E-state index contributed by atoms with van der Waals surface area (Å²) in [4.78, 5) is 12.0. The molecule has 0 aliphatic rings. The van der Waals surface area contributed by atoms with Crippen molar-refractivity contribution in [1.29, 1.82) is 0 Å². The van der Waals surface area contributed by atoms with Crippen molar-refractivity contribution < 1.29 is 9.32 Å². The summed E-state index contributed by atoms with van der Waals surface area (Å²) >= 11 is 0. The van der Waals surface area contributed by atoms with Gasteiger partial charge in [-0.3, -0.25) is 4.79 Å². The Morgan fingerprint density at radius 3 is 2.50 bits per heavy atom. The van der Waals surface area contributed by atoms with Crippen LogP contribution in [0.15, 0.2) is 41.1 Å². The van der Waals surface area contributed by atoms with E-state index in [1.165, 1.54) is 11.8 Å². The zero-order chi connectivity index (χ0) is 14.6. The summed E-state index contributed by atoms with van der Waals surface area (Å²) in [5.74, 6) is -0.0662. The first-order valence-electron chi connectivity index (χ1n) is 6.81. The van der Waals surface area contributed by atoms with E-state index < -0.39 is 5.54 Å². The Morgan fingerprint density at radius 1 is 1.25 bits per heavy atom. The van der Waals surface area contributed by atoms with E-state index in [0.29, 0.717) is 5.69 Å². The lowest BCUT2D eigenvalue weighted by Gasteiger charge is -2.27. The van der Waals surface area contributed by atoms with Crippen LogP contribution in [-0.4, -0.2) is 11.1 Å². The number of carbonyl (C=O) groups is 1. The molecule has 4 heteroatoms. The van der Waals surface area contributed by atoms with Gasteiger partial charge >= 0.3 is 0 Å². The highest BCUT2D eigenvalue weighted by atomic mass is 16.5. The first-order chi connectivity index (χ1) is 9.51. The second-order valence-electron chi connectivity index (χ2n) is 5.39. The Bertz CT molecular complexity index is 557. The summed E-state index contributed by atoms with van der Waals surface area (Å²) in [5, 5.41) is 6.77. The van der Waals surface area contributed by atoms with Crippen LogP contribution in [0.1, 0.15) is 37.6 Å². The lowest BCUT2D eigenvalue weighted by Crippen LogP contribution is -2.41. The Labute approximate surface area is 119 Å². The maximum atomic E-state index is 12.0. The average molecular weight is 272 g/mol. The van der Waals surface area contributed by atoms with Crippen molar-refractivity contribution >= 4 is 5.91 Å². The molecular weight excluding hydrogens is 252 g/mol. The molecule has 2 aromatic rings. The standard InChI is InChI=1S/C16H20N2O2/c1-4-12-5-7-13(8-6-12)16(2,3)17-15(19)11-14-9-10-20-18-14/h5-10H,4,11H2,1-3H3,(H,17,19). The molecule has 0 radical (unpaired) electrons. The van der Waals surface area contributed by atoms with Gasteiger partial charge in [-0.15, -0.1) is 0 Å². The van der Waals surface area contributed by atoms with Crippen LogP contribution in [0.4, 0.5) is 0 Å². The number of nitrogens with one attached hydrogen (secondary N) is 1. The third-order valence-corrected chi connectivity index (χ3v) is 3.37. The normalized spacial score (nSPS) is 11.3. The van der Waals surface area contributed by atoms with Gasteiger partial charge in [0.1, 0.15) is 6.26 Å². The molecule has 1 heterocycles. The van der Waals surface area contributed by atoms with E-state index in [-0.39, 0.29) is 12.3 Å². The molecule has 0 unspecified atom stereocenters. The molecule has 1 amide bonds. The van der Waals surface area contributed by atoms with Gasteiger partial charge in [-0.05, 0) is 31.4 Å². The third-order valence-electron chi connectivity index (χ3n) is 3.37. The minimum absolute atomic E-state index is 0.0662. The largest absolute Gasteiger partial charge is 0.364 e. The lowest BCUT2D eigenvalue weighted by molar-refractivity contribution is -0.122. The SMILES string of the molecule is CCc1ccc(C(C)(C)NC(=O)Cc2ccon2)cc1. The van der Waals surface area contributed by atoms with Gasteiger partial charge in [0.15, 0.2) is 0 Å². The van der Waals surface area contributed by atoms with Gasteiger partial charge in [0.05, 0.1) is 17.7 Å². The zero-order valence-electron chi connectivity index (χ0n) is 12.1. The highest BCUT2D eigenvalue weighted by Crippen LogP contribution is 2.20. The topological polar surface area (TPSA) is 55.1 Å². The molecule has 0 saturated carbocycles. The predicted octanol–water partition coefficient (Wildman–Crippen LogP) is 2.83. The number of aromatic nitrogens is 1. The van der Waals surface area contributed by atoms with Crippen molar-refractivity contribution in [3.63, 3.8) is 0 Å². The quantitative estimate of drug-likeness (QED) is 0.910. The highest BCUT2D eigenvalue weighted by Gasteiger charge is 2.23. The van der Waals surface area contributed by atoms with Crippen LogP contribution in [0.5, 0.6) is 0 Å².